The highest BCUT2D eigenvalue weighted by Crippen LogP contribution is 2.22. The van der Waals surface area contributed by atoms with Crippen LogP contribution in [-0.2, 0) is 4.43 Å². The van der Waals surface area contributed by atoms with E-state index in [1.54, 1.807) is 6.26 Å². The number of halogens is 2. The molecule has 0 spiro atoms. The lowest BCUT2D eigenvalue weighted by Gasteiger charge is -1.94. The molecule has 0 N–H and O–H groups in total. The Bertz CT molecular complexity index is 441. The van der Waals surface area contributed by atoms with E-state index < -0.39 is 0 Å². The standard InChI is InChI=1S/C10H7ClINO/c11-8-3-1-2-7(4-8)10-13-9(5-12)6-14-10/h1-4,6H,5H2. The average molecular weight is 320 g/mol. The zero-order chi connectivity index (χ0) is 9.97. The molecule has 2 nitrogen and oxygen atoms in total. The van der Waals surface area contributed by atoms with Crippen LogP contribution in [0.1, 0.15) is 5.69 Å². The molecule has 0 atom stereocenters. The van der Waals surface area contributed by atoms with Crippen molar-refractivity contribution in [2.45, 2.75) is 4.43 Å². The highest BCUT2D eigenvalue weighted by Gasteiger charge is 2.05. The van der Waals surface area contributed by atoms with Crippen molar-refractivity contribution in [1.29, 1.82) is 0 Å². The molecule has 0 aliphatic heterocycles. The van der Waals surface area contributed by atoms with Crippen molar-refractivity contribution in [2.75, 3.05) is 0 Å². The number of aromatic nitrogens is 1. The molecule has 14 heavy (non-hydrogen) atoms. The van der Waals surface area contributed by atoms with Crippen LogP contribution in [0.5, 0.6) is 0 Å². The summed E-state index contributed by atoms with van der Waals surface area (Å²) in [5, 5.41) is 0.691. The van der Waals surface area contributed by atoms with Gasteiger partial charge >= 0.3 is 0 Å². The van der Waals surface area contributed by atoms with Crippen LogP contribution in [0.4, 0.5) is 0 Å². The molecule has 0 fully saturated rings. The van der Waals surface area contributed by atoms with Gasteiger partial charge in [-0.2, -0.15) is 0 Å². The van der Waals surface area contributed by atoms with Crippen molar-refractivity contribution in [3.05, 3.63) is 41.2 Å². The second-order valence-electron chi connectivity index (χ2n) is 2.79. The van der Waals surface area contributed by atoms with Gasteiger partial charge in [-0.05, 0) is 18.2 Å². The summed E-state index contributed by atoms with van der Waals surface area (Å²) in [5.74, 6) is 0.624. The van der Waals surface area contributed by atoms with Gasteiger partial charge in [-0.3, -0.25) is 0 Å². The molecule has 0 amide bonds. The van der Waals surface area contributed by atoms with Gasteiger partial charge in [0.2, 0.25) is 5.89 Å². The van der Waals surface area contributed by atoms with Gasteiger partial charge in [-0.1, -0.05) is 40.3 Å². The van der Waals surface area contributed by atoms with Crippen molar-refractivity contribution in [3.8, 4) is 11.5 Å². The molecule has 0 bridgehead atoms. The molecule has 1 heterocycles. The Morgan fingerprint density at radius 1 is 1.43 bits per heavy atom. The molecule has 2 aromatic rings. The minimum Gasteiger partial charge on any atom is -0.444 e. The topological polar surface area (TPSA) is 26.0 Å². The van der Waals surface area contributed by atoms with Gasteiger partial charge in [0, 0.05) is 15.0 Å². The third-order valence-electron chi connectivity index (χ3n) is 1.76. The van der Waals surface area contributed by atoms with E-state index in [0.29, 0.717) is 10.9 Å². The summed E-state index contributed by atoms with van der Waals surface area (Å²) < 4.78 is 6.17. The Kier molecular flexibility index (Phi) is 3.08. The van der Waals surface area contributed by atoms with Gasteiger partial charge in [-0.25, -0.2) is 4.98 Å². The van der Waals surface area contributed by atoms with E-state index in [2.05, 4.69) is 27.6 Å². The fraction of sp³-hybridized carbons (Fsp3) is 0.100. The Hall–Kier alpha value is -0.550. The fourth-order valence-electron chi connectivity index (χ4n) is 1.12. The predicted octanol–water partition coefficient (Wildman–Crippen LogP) is 3.93. The summed E-state index contributed by atoms with van der Waals surface area (Å²) in [6.45, 7) is 0. The fourth-order valence-corrected chi connectivity index (χ4v) is 1.66. The van der Waals surface area contributed by atoms with Crippen molar-refractivity contribution < 1.29 is 4.42 Å². The van der Waals surface area contributed by atoms with Crippen LogP contribution < -0.4 is 0 Å². The number of rotatable bonds is 2. The lowest BCUT2D eigenvalue weighted by Crippen LogP contribution is -1.79. The summed E-state index contributed by atoms with van der Waals surface area (Å²) in [6, 6.07) is 7.47. The van der Waals surface area contributed by atoms with Crippen LogP contribution in [0, 0.1) is 0 Å². The Balaban J connectivity index is 2.39. The lowest BCUT2D eigenvalue weighted by atomic mass is 10.2. The third kappa shape index (κ3) is 2.09. The molecule has 0 aliphatic carbocycles. The molecule has 0 radical (unpaired) electrons. The minimum atomic E-state index is 0.624. The molecule has 0 saturated heterocycles. The molecule has 4 heteroatoms. The van der Waals surface area contributed by atoms with E-state index in [1.165, 1.54) is 0 Å². The number of alkyl halides is 1. The second kappa shape index (κ2) is 4.31. The van der Waals surface area contributed by atoms with Gasteiger partial charge in [-0.15, -0.1) is 0 Å². The Labute approximate surface area is 100 Å². The maximum absolute atomic E-state index is 5.86. The van der Waals surface area contributed by atoms with Crippen molar-refractivity contribution in [1.82, 2.24) is 4.98 Å². The zero-order valence-electron chi connectivity index (χ0n) is 7.21. The molecule has 1 aromatic heterocycles. The molecular formula is C10H7ClINO. The van der Waals surface area contributed by atoms with E-state index in [0.717, 1.165) is 15.7 Å². The quantitative estimate of drug-likeness (QED) is 0.619. The lowest BCUT2D eigenvalue weighted by molar-refractivity contribution is 0.573. The number of oxazole rings is 1. The smallest absolute Gasteiger partial charge is 0.226 e. The van der Waals surface area contributed by atoms with E-state index >= 15 is 0 Å². The van der Waals surface area contributed by atoms with Crippen LogP contribution in [0.3, 0.4) is 0 Å². The van der Waals surface area contributed by atoms with Gasteiger partial charge in [0.1, 0.15) is 6.26 Å². The highest BCUT2D eigenvalue weighted by molar-refractivity contribution is 14.1. The van der Waals surface area contributed by atoms with Gasteiger partial charge in [0.25, 0.3) is 0 Å². The molecule has 0 unspecified atom stereocenters. The molecule has 72 valence electrons. The van der Waals surface area contributed by atoms with Crippen LogP contribution in [0.25, 0.3) is 11.5 Å². The summed E-state index contributed by atoms with van der Waals surface area (Å²) in [7, 11) is 0. The molecule has 1 aromatic carbocycles. The maximum Gasteiger partial charge on any atom is 0.226 e. The first kappa shape index (κ1) is 9.98. The van der Waals surface area contributed by atoms with Crippen LogP contribution >= 0.6 is 34.2 Å². The monoisotopic (exact) mass is 319 g/mol. The predicted molar refractivity (Wildman–Crippen MR) is 64.7 cm³/mol. The summed E-state index contributed by atoms with van der Waals surface area (Å²) in [6.07, 6.45) is 1.67. The largest absolute Gasteiger partial charge is 0.444 e. The zero-order valence-corrected chi connectivity index (χ0v) is 10.1. The van der Waals surface area contributed by atoms with Crippen LogP contribution in [-0.4, -0.2) is 4.98 Å². The summed E-state index contributed by atoms with van der Waals surface area (Å²) >= 11 is 8.11. The SMILES string of the molecule is Clc1cccc(-c2nc(CI)co2)c1. The van der Waals surface area contributed by atoms with Crippen LogP contribution in [0.2, 0.25) is 5.02 Å². The van der Waals surface area contributed by atoms with Crippen molar-refractivity contribution in [2.24, 2.45) is 0 Å². The third-order valence-corrected chi connectivity index (χ3v) is 2.78. The van der Waals surface area contributed by atoms with Gasteiger partial charge in [0.05, 0.1) is 5.69 Å². The maximum atomic E-state index is 5.86. The first-order chi connectivity index (χ1) is 6.79. The summed E-state index contributed by atoms with van der Waals surface area (Å²) in [4.78, 5) is 4.31. The molecule has 2 rings (SSSR count). The molecule has 0 saturated carbocycles. The van der Waals surface area contributed by atoms with E-state index in [4.69, 9.17) is 16.0 Å². The minimum absolute atomic E-state index is 0.624. The second-order valence-corrected chi connectivity index (χ2v) is 3.99. The number of hydrogen-bond acceptors (Lipinski definition) is 2. The first-order valence-corrected chi connectivity index (χ1v) is 5.96. The van der Waals surface area contributed by atoms with E-state index in [1.807, 2.05) is 24.3 Å². The normalized spacial score (nSPS) is 10.4. The van der Waals surface area contributed by atoms with Gasteiger partial charge < -0.3 is 4.42 Å². The molecule has 0 aliphatic rings. The Morgan fingerprint density at radius 2 is 2.29 bits per heavy atom. The first-order valence-electron chi connectivity index (χ1n) is 4.06. The summed E-state index contributed by atoms with van der Waals surface area (Å²) in [5.41, 5.74) is 1.86. The number of benzene rings is 1. The van der Waals surface area contributed by atoms with Crippen molar-refractivity contribution >= 4 is 34.2 Å². The number of hydrogen-bond donors (Lipinski definition) is 0. The van der Waals surface area contributed by atoms with Crippen molar-refractivity contribution in [3.63, 3.8) is 0 Å². The molecular weight excluding hydrogens is 312 g/mol. The highest BCUT2D eigenvalue weighted by atomic mass is 127. The van der Waals surface area contributed by atoms with Gasteiger partial charge in [0.15, 0.2) is 0 Å². The van der Waals surface area contributed by atoms with E-state index in [9.17, 15) is 0 Å². The number of nitrogens with zero attached hydrogens (tertiary/aromatic N) is 1. The average Bonchev–Trinajstić information content (AvgIpc) is 2.66. The Morgan fingerprint density at radius 3 is 2.93 bits per heavy atom. The van der Waals surface area contributed by atoms with Crippen LogP contribution in [0.15, 0.2) is 34.9 Å². The van der Waals surface area contributed by atoms with E-state index in [-0.39, 0.29) is 0 Å².